The summed E-state index contributed by atoms with van der Waals surface area (Å²) >= 11 is 1.12. The molecule has 108 valence electrons. The van der Waals surface area contributed by atoms with Gasteiger partial charge in [-0.2, -0.15) is 5.26 Å². The van der Waals surface area contributed by atoms with Gasteiger partial charge in [0.25, 0.3) is 5.91 Å². The normalized spacial score (nSPS) is 11.7. The van der Waals surface area contributed by atoms with Crippen LogP contribution in [0.25, 0.3) is 0 Å². The molecule has 0 aliphatic carbocycles. The molecule has 0 saturated carbocycles. The summed E-state index contributed by atoms with van der Waals surface area (Å²) in [6.07, 6.45) is -1.02. The first-order chi connectivity index (χ1) is 9.93. The number of rotatable bonds is 4. The number of carbonyl (C=O) groups is 1. The molecule has 0 aliphatic rings. The molecule has 0 saturated heterocycles. The standard InChI is InChI=1S/C14H14N4O2S/c1-7-10(12(16)19)13(17)21-11(7)14(20)18-9-4-2-8(6-15)3-5-9/h2-5,14,18,20H,17H2,1H3,(H2,16,19). The molecule has 1 heterocycles. The Morgan fingerprint density at radius 3 is 2.52 bits per heavy atom. The molecule has 6 N–H and O–H groups in total. The van der Waals surface area contributed by atoms with Crippen molar-refractivity contribution in [2.45, 2.75) is 13.2 Å². The van der Waals surface area contributed by atoms with E-state index in [0.717, 1.165) is 11.3 Å². The summed E-state index contributed by atoms with van der Waals surface area (Å²) in [4.78, 5) is 11.9. The Morgan fingerprint density at radius 1 is 1.43 bits per heavy atom. The zero-order valence-corrected chi connectivity index (χ0v) is 12.1. The molecule has 7 heteroatoms. The van der Waals surface area contributed by atoms with E-state index in [2.05, 4.69) is 5.32 Å². The molecule has 1 atom stereocenters. The summed E-state index contributed by atoms with van der Waals surface area (Å²) in [7, 11) is 0. The van der Waals surface area contributed by atoms with E-state index < -0.39 is 12.1 Å². The summed E-state index contributed by atoms with van der Waals surface area (Å²) < 4.78 is 0. The number of nitrogens with one attached hydrogen (secondary N) is 1. The van der Waals surface area contributed by atoms with Crippen LogP contribution in [0.2, 0.25) is 0 Å². The van der Waals surface area contributed by atoms with Crippen molar-refractivity contribution >= 4 is 27.9 Å². The highest BCUT2D eigenvalue weighted by Crippen LogP contribution is 2.34. The van der Waals surface area contributed by atoms with E-state index in [4.69, 9.17) is 16.7 Å². The lowest BCUT2D eigenvalue weighted by Crippen LogP contribution is -2.14. The average Bonchev–Trinajstić information content (AvgIpc) is 2.75. The topological polar surface area (TPSA) is 125 Å². The summed E-state index contributed by atoms with van der Waals surface area (Å²) in [5, 5.41) is 22.1. The number of nitrogen functional groups attached to an aromatic ring is 1. The fraction of sp³-hybridized carbons (Fsp3) is 0.143. The van der Waals surface area contributed by atoms with Crippen molar-refractivity contribution in [2.75, 3.05) is 11.1 Å². The van der Waals surface area contributed by atoms with Crippen LogP contribution in [0.1, 0.15) is 32.6 Å². The molecule has 0 bridgehead atoms. The molecule has 6 nitrogen and oxygen atoms in total. The van der Waals surface area contributed by atoms with Crippen LogP contribution in [0.15, 0.2) is 24.3 Å². The second-order valence-electron chi connectivity index (χ2n) is 4.43. The maximum absolute atomic E-state index is 11.3. The molecule has 2 rings (SSSR count). The van der Waals surface area contributed by atoms with Gasteiger partial charge in [-0.25, -0.2) is 0 Å². The minimum Gasteiger partial charge on any atom is -0.390 e. The number of amides is 1. The van der Waals surface area contributed by atoms with Gasteiger partial charge < -0.3 is 21.9 Å². The molecular weight excluding hydrogens is 288 g/mol. The zero-order valence-electron chi connectivity index (χ0n) is 11.3. The van der Waals surface area contributed by atoms with E-state index in [-0.39, 0.29) is 10.6 Å². The van der Waals surface area contributed by atoms with Gasteiger partial charge >= 0.3 is 0 Å². The number of nitrogens with zero attached hydrogens (tertiary/aromatic N) is 1. The van der Waals surface area contributed by atoms with Crippen molar-refractivity contribution in [3.05, 3.63) is 45.8 Å². The van der Waals surface area contributed by atoms with E-state index in [1.165, 1.54) is 0 Å². The molecule has 0 aliphatic heterocycles. The van der Waals surface area contributed by atoms with Gasteiger partial charge in [-0.15, -0.1) is 11.3 Å². The van der Waals surface area contributed by atoms with Gasteiger partial charge in [0, 0.05) is 5.69 Å². The predicted octanol–water partition coefficient (Wildman–Crippen LogP) is 1.71. The molecule has 1 unspecified atom stereocenters. The number of benzene rings is 1. The van der Waals surface area contributed by atoms with Gasteiger partial charge in [-0.3, -0.25) is 4.79 Å². The average molecular weight is 302 g/mol. The highest BCUT2D eigenvalue weighted by molar-refractivity contribution is 7.16. The molecule has 21 heavy (non-hydrogen) atoms. The Bertz CT molecular complexity index is 716. The van der Waals surface area contributed by atoms with Crippen LogP contribution in [0.3, 0.4) is 0 Å². The second-order valence-corrected chi connectivity index (χ2v) is 5.51. The van der Waals surface area contributed by atoms with Gasteiger partial charge in [0.1, 0.15) is 0 Å². The lowest BCUT2D eigenvalue weighted by molar-refractivity contribution is 0.100. The van der Waals surface area contributed by atoms with Crippen molar-refractivity contribution in [1.29, 1.82) is 5.26 Å². The highest BCUT2D eigenvalue weighted by atomic mass is 32.1. The fourth-order valence-electron chi connectivity index (χ4n) is 1.99. The maximum atomic E-state index is 11.3. The highest BCUT2D eigenvalue weighted by Gasteiger charge is 2.21. The van der Waals surface area contributed by atoms with Gasteiger partial charge in [0.15, 0.2) is 6.23 Å². The van der Waals surface area contributed by atoms with Crippen LogP contribution in [-0.2, 0) is 0 Å². The minimum absolute atomic E-state index is 0.246. The van der Waals surface area contributed by atoms with Crippen LogP contribution in [0.5, 0.6) is 0 Å². The molecule has 0 fully saturated rings. The Morgan fingerprint density at radius 2 is 2.05 bits per heavy atom. The quantitative estimate of drug-likeness (QED) is 0.640. The monoisotopic (exact) mass is 302 g/mol. The van der Waals surface area contributed by atoms with E-state index in [0.29, 0.717) is 21.7 Å². The van der Waals surface area contributed by atoms with Crippen LogP contribution >= 0.6 is 11.3 Å². The second kappa shape index (κ2) is 5.83. The van der Waals surface area contributed by atoms with Crippen molar-refractivity contribution < 1.29 is 9.90 Å². The fourth-order valence-corrected chi connectivity index (χ4v) is 3.00. The molecule has 0 radical (unpaired) electrons. The number of carbonyl (C=O) groups excluding carboxylic acids is 1. The van der Waals surface area contributed by atoms with Gasteiger partial charge in [0.05, 0.1) is 27.1 Å². The number of hydrogen-bond acceptors (Lipinski definition) is 6. The number of thiophene rings is 1. The van der Waals surface area contributed by atoms with E-state index >= 15 is 0 Å². The zero-order chi connectivity index (χ0) is 15.6. The summed E-state index contributed by atoms with van der Waals surface area (Å²) in [6, 6.07) is 8.66. The molecule has 2 aromatic rings. The van der Waals surface area contributed by atoms with E-state index in [9.17, 15) is 9.90 Å². The number of primary amides is 1. The first kappa shape index (κ1) is 14.8. The number of hydrogen-bond donors (Lipinski definition) is 4. The van der Waals surface area contributed by atoms with Crippen molar-refractivity contribution in [3.8, 4) is 6.07 Å². The largest absolute Gasteiger partial charge is 0.390 e. The molecule has 1 amide bonds. The number of nitrogens with two attached hydrogens (primary N) is 2. The first-order valence-electron chi connectivity index (χ1n) is 6.07. The summed E-state index contributed by atoms with van der Waals surface area (Å²) in [5.74, 6) is -0.613. The maximum Gasteiger partial charge on any atom is 0.251 e. The van der Waals surface area contributed by atoms with E-state index in [1.807, 2.05) is 6.07 Å². The lowest BCUT2D eigenvalue weighted by atomic mass is 10.1. The third-order valence-corrected chi connectivity index (χ3v) is 4.20. The Kier molecular flexibility index (Phi) is 4.12. The first-order valence-corrected chi connectivity index (χ1v) is 6.89. The van der Waals surface area contributed by atoms with Crippen LogP contribution in [0, 0.1) is 18.3 Å². The number of anilines is 2. The third kappa shape index (κ3) is 2.97. The number of aliphatic hydroxyl groups excluding tert-OH is 1. The smallest absolute Gasteiger partial charge is 0.251 e. The van der Waals surface area contributed by atoms with Crippen LogP contribution < -0.4 is 16.8 Å². The number of nitriles is 1. The SMILES string of the molecule is Cc1c(C(O)Nc2ccc(C#N)cc2)sc(N)c1C(N)=O. The molecule has 1 aromatic carbocycles. The van der Waals surface area contributed by atoms with Crippen molar-refractivity contribution in [3.63, 3.8) is 0 Å². The Hall–Kier alpha value is -2.56. The Balaban J connectivity index is 2.24. The van der Waals surface area contributed by atoms with Crippen molar-refractivity contribution in [2.24, 2.45) is 5.73 Å². The van der Waals surface area contributed by atoms with Crippen molar-refractivity contribution in [1.82, 2.24) is 0 Å². The van der Waals surface area contributed by atoms with Gasteiger partial charge in [-0.1, -0.05) is 0 Å². The molecule has 0 spiro atoms. The van der Waals surface area contributed by atoms with Gasteiger partial charge in [-0.05, 0) is 36.8 Å². The van der Waals surface area contributed by atoms with E-state index in [1.54, 1.807) is 31.2 Å². The minimum atomic E-state index is -1.02. The van der Waals surface area contributed by atoms with Crippen LogP contribution in [-0.4, -0.2) is 11.0 Å². The molecular formula is C14H14N4O2S. The molecule has 1 aromatic heterocycles. The lowest BCUT2D eigenvalue weighted by Gasteiger charge is -2.13. The number of aliphatic hydroxyl groups is 1. The summed E-state index contributed by atoms with van der Waals surface area (Å²) in [5.41, 5.74) is 13.0. The predicted molar refractivity (Wildman–Crippen MR) is 81.7 cm³/mol. The Labute approximate surface area is 125 Å². The third-order valence-electron chi connectivity index (χ3n) is 3.02. The van der Waals surface area contributed by atoms with Gasteiger partial charge in [0.2, 0.25) is 0 Å². The van der Waals surface area contributed by atoms with Crippen LogP contribution in [0.4, 0.5) is 10.7 Å². The summed E-state index contributed by atoms with van der Waals surface area (Å²) in [6.45, 7) is 1.69.